The third kappa shape index (κ3) is 3.25. The maximum Gasteiger partial charge on any atom is 0.270 e. The molecule has 1 saturated heterocycles. The van der Waals surface area contributed by atoms with Crippen LogP contribution in [0.2, 0.25) is 0 Å². The highest BCUT2D eigenvalue weighted by Crippen LogP contribution is 2.28. The van der Waals surface area contributed by atoms with E-state index in [1.165, 1.54) is 0 Å². The zero-order chi connectivity index (χ0) is 17.5. The molecule has 24 heavy (non-hydrogen) atoms. The van der Waals surface area contributed by atoms with Gasteiger partial charge in [0.05, 0.1) is 12.9 Å². The number of H-pyrrole nitrogens is 1. The van der Waals surface area contributed by atoms with Crippen molar-refractivity contribution in [3.05, 3.63) is 29.5 Å². The molecule has 1 aliphatic rings. The summed E-state index contributed by atoms with van der Waals surface area (Å²) in [5.74, 6) is 0.436. The number of ether oxygens (including phenoxy) is 1. The van der Waals surface area contributed by atoms with Gasteiger partial charge >= 0.3 is 0 Å². The van der Waals surface area contributed by atoms with Crippen LogP contribution in [0.25, 0.3) is 10.9 Å². The van der Waals surface area contributed by atoms with Crippen molar-refractivity contribution in [3.63, 3.8) is 0 Å². The van der Waals surface area contributed by atoms with Crippen LogP contribution in [0, 0.1) is 12.8 Å². The van der Waals surface area contributed by atoms with Gasteiger partial charge in [-0.05, 0) is 43.0 Å². The second kappa shape index (κ2) is 6.10. The molecular formula is C16H21N3O4S. The van der Waals surface area contributed by atoms with E-state index in [-0.39, 0.29) is 17.6 Å². The summed E-state index contributed by atoms with van der Waals surface area (Å²) < 4.78 is 27.7. The van der Waals surface area contributed by atoms with Gasteiger partial charge in [0.1, 0.15) is 11.4 Å². The number of hydrogen-bond acceptors (Lipinski definition) is 4. The number of amides is 1. The number of benzene rings is 1. The summed E-state index contributed by atoms with van der Waals surface area (Å²) in [5.41, 5.74) is 2.27. The lowest BCUT2D eigenvalue weighted by atomic mass is 10.1. The number of likely N-dealkylation sites (tertiary alicyclic amines) is 1. The number of primary sulfonamides is 1. The Labute approximate surface area is 140 Å². The van der Waals surface area contributed by atoms with Crippen LogP contribution in [-0.4, -0.2) is 50.2 Å². The van der Waals surface area contributed by atoms with Crippen LogP contribution in [0.5, 0.6) is 5.75 Å². The lowest BCUT2D eigenvalue weighted by molar-refractivity contribution is 0.0782. The molecule has 1 aliphatic heterocycles. The van der Waals surface area contributed by atoms with Crippen LogP contribution in [-0.2, 0) is 10.0 Å². The Hall–Kier alpha value is -2.06. The highest BCUT2D eigenvalue weighted by atomic mass is 32.2. The molecule has 0 radical (unpaired) electrons. The molecule has 3 N–H and O–H groups in total. The Kier molecular flexibility index (Phi) is 4.27. The Bertz CT molecular complexity index is 888. The van der Waals surface area contributed by atoms with Crippen molar-refractivity contribution in [1.29, 1.82) is 0 Å². The van der Waals surface area contributed by atoms with Crippen molar-refractivity contribution in [1.82, 2.24) is 9.88 Å². The number of hydrogen-bond donors (Lipinski definition) is 2. The van der Waals surface area contributed by atoms with Crippen LogP contribution in [0.4, 0.5) is 0 Å². The lowest BCUT2D eigenvalue weighted by Crippen LogP contribution is -2.31. The average molecular weight is 351 g/mol. The van der Waals surface area contributed by atoms with Crippen molar-refractivity contribution in [2.75, 3.05) is 26.0 Å². The number of carbonyl (C=O) groups is 1. The highest BCUT2D eigenvalue weighted by Gasteiger charge is 2.30. The molecule has 1 aromatic carbocycles. The summed E-state index contributed by atoms with van der Waals surface area (Å²) in [4.78, 5) is 17.6. The Morgan fingerprint density at radius 1 is 1.46 bits per heavy atom. The SMILES string of the molecule is COc1ccc2[nH]c(C(=O)N3CC[C@@H](CS(N)(=O)=O)C3)c(C)c2c1. The van der Waals surface area contributed by atoms with Gasteiger partial charge in [-0.2, -0.15) is 0 Å². The third-order valence-corrected chi connectivity index (χ3v) is 5.46. The van der Waals surface area contributed by atoms with Crippen LogP contribution in [0.1, 0.15) is 22.5 Å². The summed E-state index contributed by atoms with van der Waals surface area (Å²) in [6.07, 6.45) is 0.648. The maximum atomic E-state index is 12.8. The van der Waals surface area contributed by atoms with Gasteiger partial charge in [0, 0.05) is 24.0 Å². The predicted molar refractivity (Wildman–Crippen MR) is 91.6 cm³/mol. The topological polar surface area (TPSA) is 105 Å². The fraction of sp³-hybridized carbons (Fsp3) is 0.438. The van der Waals surface area contributed by atoms with Gasteiger partial charge < -0.3 is 14.6 Å². The quantitative estimate of drug-likeness (QED) is 0.864. The highest BCUT2D eigenvalue weighted by molar-refractivity contribution is 7.89. The fourth-order valence-electron chi connectivity index (χ4n) is 3.29. The number of aromatic nitrogens is 1. The first-order valence-corrected chi connectivity index (χ1v) is 9.46. The number of methoxy groups -OCH3 is 1. The molecule has 2 aromatic rings. The molecule has 0 spiro atoms. The molecule has 0 aliphatic carbocycles. The smallest absolute Gasteiger partial charge is 0.270 e. The van der Waals surface area contributed by atoms with E-state index >= 15 is 0 Å². The molecule has 0 unspecified atom stereocenters. The Morgan fingerprint density at radius 2 is 2.21 bits per heavy atom. The number of sulfonamides is 1. The number of carbonyl (C=O) groups excluding carboxylic acids is 1. The van der Waals surface area contributed by atoms with E-state index in [2.05, 4.69) is 4.98 Å². The summed E-state index contributed by atoms with van der Waals surface area (Å²) in [6.45, 7) is 2.84. The van der Waals surface area contributed by atoms with Crippen molar-refractivity contribution >= 4 is 26.8 Å². The minimum Gasteiger partial charge on any atom is -0.497 e. The van der Waals surface area contributed by atoms with Gasteiger partial charge in [0.2, 0.25) is 10.0 Å². The number of nitrogens with two attached hydrogens (primary N) is 1. The molecule has 0 saturated carbocycles. The van der Waals surface area contributed by atoms with Crippen LogP contribution in [0.15, 0.2) is 18.2 Å². The van der Waals surface area contributed by atoms with Crippen molar-refractivity contribution in [2.24, 2.45) is 11.1 Å². The van der Waals surface area contributed by atoms with Gasteiger partial charge in [-0.15, -0.1) is 0 Å². The van der Waals surface area contributed by atoms with E-state index in [0.717, 1.165) is 22.2 Å². The minimum absolute atomic E-state index is 0.0837. The number of nitrogens with zero attached hydrogens (tertiary/aromatic N) is 1. The molecule has 1 fully saturated rings. The first-order valence-electron chi connectivity index (χ1n) is 7.74. The standard InChI is InChI=1S/C16H21N3O4S/c1-10-13-7-12(23-2)3-4-14(13)18-15(10)16(20)19-6-5-11(8-19)9-24(17,21)22/h3-4,7,11,18H,5-6,8-9H2,1-2H3,(H2,17,21,22)/t11-/m1/s1. The number of aryl methyl sites for hydroxylation is 1. The van der Waals surface area contributed by atoms with E-state index in [9.17, 15) is 13.2 Å². The molecule has 1 amide bonds. The molecule has 130 valence electrons. The first-order chi connectivity index (χ1) is 11.3. The average Bonchev–Trinajstić information content (AvgIpc) is 3.10. The van der Waals surface area contributed by atoms with E-state index in [1.54, 1.807) is 12.0 Å². The number of rotatable bonds is 4. The third-order valence-electron chi connectivity index (χ3n) is 4.52. The van der Waals surface area contributed by atoms with Gasteiger partial charge in [-0.3, -0.25) is 4.79 Å². The Morgan fingerprint density at radius 3 is 2.88 bits per heavy atom. The molecule has 8 heteroatoms. The van der Waals surface area contributed by atoms with Crippen LogP contribution < -0.4 is 9.88 Å². The second-order valence-corrected chi connectivity index (χ2v) is 7.93. The summed E-state index contributed by atoms with van der Waals surface area (Å²) in [5, 5.41) is 6.04. The minimum atomic E-state index is -3.52. The van der Waals surface area contributed by atoms with Crippen molar-refractivity contribution < 1.29 is 17.9 Å². The molecule has 1 atom stereocenters. The zero-order valence-corrected chi connectivity index (χ0v) is 14.5. The molecule has 1 aromatic heterocycles. The fourth-order valence-corrected chi connectivity index (χ4v) is 4.22. The number of aromatic amines is 1. The molecule has 7 nitrogen and oxygen atoms in total. The molecule has 3 rings (SSSR count). The van der Waals surface area contributed by atoms with Crippen molar-refractivity contribution in [2.45, 2.75) is 13.3 Å². The van der Waals surface area contributed by atoms with E-state index in [4.69, 9.17) is 9.88 Å². The van der Waals surface area contributed by atoms with Gasteiger partial charge in [-0.25, -0.2) is 13.6 Å². The van der Waals surface area contributed by atoms with Gasteiger partial charge in [0.25, 0.3) is 5.91 Å². The molecule has 0 bridgehead atoms. The van der Waals surface area contributed by atoms with Crippen LogP contribution >= 0.6 is 0 Å². The summed E-state index contributed by atoms with van der Waals surface area (Å²) in [7, 11) is -1.92. The van der Waals surface area contributed by atoms with E-state index in [1.807, 2.05) is 25.1 Å². The predicted octanol–water partition coefficient (Wildman–Crippen LogP) is 1.24. The Balaban J connectivity index is 1.83. The number of fused-ring (bicyclic) bond motifs is 1. The van der Waals surface area contributed by atoms with E-state index < -0.39 is 10.0 Å². The van der Waals surface area contributed by atoms with Gasteiger partial charge in [-0.1, -0.05) is 0 Å². The largest absolute Gasteiger partial charge is 0.497 e. The number of nitrogens with one attached hydrogen (secondary N) is 1. The second-order valence-electron chi connectivity index (χ2n) is 6.27. The normalized spacial score (nSPS) is 18.3. The summed E-state index contributed by atoms with van der Waals surface area (Å²) >= 11 is 0. The molecular weight excluding hydrogens is 330 g/mol. The van der Waals surface area contributed by atoms with Gasteiger partial charge in [0.15, 0.2) is 0 Å². The first kappa shape index (κ1) is 16.8. The monoisotopic (exact) mass is 351 g/mol. The van der Waals surface area contributed by atoms with Crippen molar-refractivity contribution in [3.8, 4) is 5.75 Å². The lowest BCUT2D eigenvalue weighted by Gasteiger charge is -2.16. The summed E-state index contributed by atoms with van der Waals surface area (Å²) in [6, 6.07) is 5.61. The maximum absolute atomic E-state index is 12.8. The van der Waals surface area contributed by atoms with Crippen LogP contribution in [0.3, 0.4) is 0 Å². The zero-order valence-electron chi connectivity index (χ0n) is 13.7. The van der Waals surface area contributed by atoms with E-state index in [0.29, 0.717) is 25.2 Å². The molecule has 2 heterocycles.